The average molecular weight is 308 g/mol. The van der Waals surface area contributed by atoms with Gasteiger partial charge in [0, 0.05) is 5.69 Å². The van der Waals surface area contributed by atoms with Gasteiger partial charge in [-0.2, -0.15) is 0 Å². The number of aliphatic hydroxyl groups excluding tert-OH is 1. The first-order valence-corrected chi connectivity index (χ1v) is 5.48. The molecular formula is C11H11F3N2O5. The van der Waals surface area contributed by atoms with E-state index in [1.54, 1.807) is 0 Å². The highest BCUT2D eigenvalue weighted by atomic mass is 19.4. The zero-order valence-corrected chi connectivity index (χ0v) is 10.3. The van der Waals surface area contributed by atoms with Crippen LogP contribution < -0.4 is 15.4 Å². The number of halogens is 3. The second-order valence-corrected chi connectivity index (χ2v) is 3.74. The van der Waals surface area contributed by atoms with E-state index in [0.717, 1.165) is 24.3 Å². The fourth-order valence-corrected chi connectivity index (χ4v) is 1.25. The van der Waals surface area contributed by atoms with Gasteiger partial charge in [0.2, 0.25) is 0 Å². The van der Waals surface area contributed by atoms with Crippen LogP contribution in [0.3, 0.4) is 0 Å². The number of aliphatic hydroxyl groups is 1. The van der Waals surface area contributed by atoms with E-state index in [1.807, 2.05) is 5.32 Å². The van der Waals surface area contributed by atoms with Crippen LogP contribution >= 0.6 is 0 Å². The topological polar surface area (TPSA) is 108 Å². The van der Waals surface area contributed by atoms with Gasteiger partial charge in [-0.05, 0) is 24.3 Å². The summed E-state index contributed by atoms with van der Waals surface area (Å²) < 4.78 is 39.4. The molecule has 4 N–H and O–H groups in total. The van der Waals surface area contributed by atoms with E-state index in [4.69, 9.17) is 10.2 Å². The first-order chi connectivity index (χ1) is 9.71. The first kappa shape index (κ1) is 16.6. The maximum absolute atomic E-state index is 11.9. The lowest BCUT2D eigenvalue weighted by Gasteiger charge is -2.13. The monoisotopic (exact) mass is 308 g/mol. The number of aliphatic carboxylic acids is 1. The third-order valence-corrected chi connectivity index (χ3v) is 2.13. The molecule has 21 heavy (non-hydrogen) atoms. The van der Waals surface area contributed by atoms with Gasteiger partial charge in [-0.15, -0.1) is 13.2 Å². The van der Waals surface area contributed by atoms with E-state index in [0.29, 0.717) is 0 Å². The maximum atomic E-state index is 11.9. The Morgan fingerprint density at radius 2 is 1.81 bits per heavy atom. The minimum Gasteiger partial charge on any atom is -0.480 e. The van der Waals surface area contributed by atoms with Crippen LogP contribution in [-0.2, 0) is 4.79 Å². The van der Waals surface area contributed by atoms with Crippen molar-refractivity contribution < 1.29 is 37.7 Å². The standard InChI is InChI=1S/C11H11F3N2O5/c12-11(13,14)21-7-3-1-6(2-4-7)15-10(20)16-8(5-17)9(18)19/h1-4,8,17H,5H2,(H,18,19)(H2,15,16,20)/t8-/m1/s1. The molecule has 0 spiro atoms. The van der Waals surface area contributed by atoms with E-state index >= 15 is 0 Å². The number of nitrogens with one attached hydrogen (secondary N) is 2. The Kier molecular flexibility index (Phi) is 5.36. The molecule has 1 rings (SSSR count). The molecule has 0 aromatic heterocycles. The molecule has 0 unspecified atom stereocenters. The number of urea groups is 1. The molecule has 1 aromatic rings. The molecule has 116 valence electrons. The third-order valence-electron chi connectivity index (χ3n) is 2.13. The zero-order chi connectivity index (χ0) is 16.0. The molecule has 0 bridgehead atoms. The number of hydrogen-bond acceptors (Lipinski definition) is 4. The zero-order valence-electron chi connectivity index (χ0n) is 10.3. The molecule has 0 saturated carbocycles. The fraction of sp³-hybridized carbons (Fsp3) is 0.273. The molecule has 1 aromatic carbocycles. The third kappa shape index (κ3) is 5.99. The van der Waals surface area contributed by atoms with Crippen LogP contribution in [-0.4, -0.2) is 41.2 Å². The number of amides is 2. The van der Waals surface area contributed by atoms with Crippen LogP contribution in [0.5, 0.6) is 5.75 Å². The van der Waals surface area contributed by atoms with Crippen molar-refractivity contribution in [3.8, 4) is 5.75 Å². The van der Waals surface area contributed by atoms with Crippen LogP contribution in [0.4, 0.5) is 23.7 Å². The maximum Gasteiger partial charge on any atom is 0.573 e. The predicted molar refractivity (Wildman–Crippen MR) is 63.8 cm³/mol. The molecule has 0 heterocycles. The van der Waals surface area contributed by atoms with E-state index in [9.17, 15) is 22.8 Å². The quantitative estimate of drug-likeness (QED) is 0.652. The van der Waals surface area contributed by atoms with E-state index < -0.39 is 36.8 Å². The van der Waals surface area contributed by atoms with Crippen molar-refractivity contribution in [2.24, 2.45) is 0 Å². The second-order valence-electron chi connectivity index (χ2n) is 3.74. The minimum absolute atomic E-state index is 0.115. The second kappa shape index (κ2) is 6.79. The van der Waals surface area contributed by atoms with E-state index in [1.165, 1.54) is 0 Å². The van der Waals surface area contributed by atoms with Gasteiger partial charge in [0.05, 0.1) is 6.61 Å². The van der Waals surface area contributed by atoms with Crippen LogP contribution in [0, 0.1) is 0 Å². The summed E-state index contributed by atoms with van der Waals surface area (Å²) in [5, 5.41) is 21.5. The van der Waals surface area contributed by atoms with Crippen molar-refractivity contribution in [3.63, 3.8) is 0 Å². The number of ether oxygens (including phenoxy) is 1. The molecule has 2 amide bonds. The fourth-order valence-electron chi connectivity index (χ4n) is 1.25. The summed E-state index contributed by atoms with van der Waals surface area (Å²) in [6, 6.07) is 1.80. The lowest BCUT2D eigenvalue weighted by atomic mass is 10.3. The summed E-state index contributed by atoms with van der Waals surface area (Å²) in [6.45, 7) is -0.804. The van der Waals surface area contributed by atoms with Gasteiger partial charge in [0.25, 0.3) is 0 Å². The average Bonchev–Trinajstić information content (AvgIpc) is 2.36. The Balaban J connectivity index is 2.59. The lowest BCUT2D eigenvalue weighted by molar-refractivity contribution is -0.274. The lowest BCUT2D eigenvalue weighted by Crippen LogP contribution is -2.45. The number of benzene rings is 1. The Morgan fingerprint density at radius 1 is 1.24 bits per heavy atom. The van der Waals surface area contributed by atoms with E-state index in [-0.39, 0.29) is 5.69 Å². The van der Waals surface area contributed by atoms with Crippen LogP contribution in [0.1, 0.15) is 0 Å². The molecule has 10 heteroatoms. The SMILES string of the molecule is O=C(Nc1ccc(OC(F)(F)F)cc1)N[C@H](CO)C(=O)O. The van der Waals surface area contributed by atoms with Gasteiger partial charge in [-0.25, -0.2) is 9.59 Å². The molecule has 7 nitrogen and oxygen atoms in total. The van der Waals surface area contributed by atoms with Gasteiger partial charge < -0.3 is 25.6 Å². The van der Waals surface area contributed by atoms with Gasteiger partial charge in [0.15, 0.2) is 6.04 Å². The van der Waals surface area contributed by atoms with Crippen LogP contribution in [0.2, 0.25) is 0 Å². The van der Waals surface area contributed by atoms with Gasteiger partial charge >= 0.3 is 18.4 Å². The molecule has 1 atom stereocenters. The van der Waals surface area contributed by atoms with Crippen molar-refractivity contribution in [2.75, 3.05) is 11.9 Å². The normalized spacial score (nSPS) is 12.4. The number of carboxylic acid groups (broad SMARTS) is 1. The van der Waals surface area contributed by atoms with Crippen molar-refractivity contribution in [1.82, 2.24) is 5.32 Å². The van der Waals surface area contributed by atoms with Crippen molar-refractivity contribution in [2.45, 2.75) is 12.4 Å². The number of carbonyl (C=O) groups excluding carboxylic acids is 1. The molecule has 0 radical (unpaired) electrons. The Labute approximate surface area is 116 Å². The van der Waals surface area contributed by atoms with Gasteiger partial charge in [0.1, 0.15) is 5.75 Å². The number of rotatable bonds is 5. The first-order valence-electron chi connectivity index (χ1n) is 5.48. The number of carboxylic acids is 1. The summed E-state index contributed by atoms with van der Waals surface area (Å²) in [5.74, 6) is -1.89. The molecular weight excluding hydrogens is 297 g/mol. The highest BCUT2D eigenvalue weighted by Gasteiger charge is 2.31. The Hall–Kier alpha value is -2.49. The molecule has 0 saturated heterocycles. The Bertz CT molecular complexity index is 504. The molecule has 0 aliphatic carbocycles. The highest BCUT2D eigenvalue weighted by molar-refractivity contribution is 5.92. The van der Waals surface area contributed by atoms with Crippen molar-refractivity contribution in [1.29, 1.82) is 0 Å². The smallest absolute Gasteiger partial charge is 0.480 e. The minimum atomic E-state index is -4.82. The summed E-state index contributed by atoms with van der Waals surface area (Å²) >= 11 is 0. The van der Waals surface area contributed by atoms with Gasteiger partial charge in [-0.1, -0.05) is 0 Å². The van der Waals surface area contributed by atoms with Crippen molar-refractivity contribution in [3.05, 3.63) is 24.3 Å². The molecule has 0 fully saturated rings. The number of anilines is 1. The van der Waals surface area contributed by atoms with Crippen LogP contribution in [0.25, 0.3) is 0 Å². The summed E-state index contributed by atoms with van der Waals surface area (Å²) in [7, 11) is 0. The Morgan fingerprint density at radius 3 is 2.24 bits per heavy atom. The predicted octanol–water partition coefficient (Wildman–Crippen LogP) is 1.15. The van der Waals surface area contributed by atoms with Gasteiger partial charge in [-0.3, -0.25) is 0 Å². The summed E-state index contributed by atoms with van der Waals surface area (Å²) in [4.78, 5) is 22.0. The number of carbonyl (C=O) groups is 2. The van der Waals surface area contributed by atoms with Crippen molar-refractivity contribution >= 4 is 17.7 Å². The van der Waals surface area contributed by atoms with E-state index in [2.05, 4.69) is 10.1 Å². The van der Waals surface area contributed by atoms with Crippen LogP contribution in [0.15, 0.2) is 24.3 Å². The highest BCUT2D eigenvalue weighted by Crippen LogP contribution is 2.23. The summed E-state index contributed by atoms with van der Waals surface area (Å²) in [6.07, 6.45) is -4.82. The largest absolute Gasteiger partial charge is 0.573 e. The molecule has 0 aliphatic heterocycles. The summed E-state index contributed by atoms with van der Waals surface area (Å²) in [5.41, 5.74) is 0.115. The number of hydrogen-bond donors (Lipinski definition) is 4. The molecule has 0 aliphatic rings. The number of alkyl halides is 3.